The molecule has 0 spiro atoms. The molecule has 0 radical (unpaired) electrons. The molecule has 0 N–H and O–H groups in total. The Morgan fingerprint density at radius 1 is 1.30 bits per heavy atom. The SMILES string of the molecule is CC[Si](CC)(CC)O[C@H]1C[C@H](OC)O[C@H]1C[C@H](C)C=O. The van der Waals surface area contributed by atoms with Crippen molar-refractivity contribution in [2.24, 2.45) is 5.92 Å². The highest BCUT2D eigenvalue weighted by Crippen LogP contribution is 2.33. The zero-order chi connectivity index (χ0) is 15.2. The quantitative estimate of drug-likeness (QED) is 0.484. The molecule has 4 atom stereocenters. The van der Waals surface area contributed by atoms with Crippen LogP contribution in [0.4, 0.5) is 0 Å². The Labute approximate surface area is 124 Å². The van der Waals surface area contributed by atoms with E-state index in [1.165, 1.54) is 0 Å². The smallest absolute Gasteiger partial charge is 0.192 e. The summed E-state index contributed by atoms with van der Waals surface area (Å²) in [6, 6.07) is 3.39. The van der Waals surface area contributed by atoms with E-state index in [-0.39, 0.29) is 24.4 Å². The van der Waals surface area contributed by atoms with Gasteiger partial charge in [-0.15, -0.1) is 0 Å². The highest BCUT2D eigenvalue weighted by Gasteiger charge is 2.41. The molecule has 0 aromatic carbocycles. The van der Waals surface area contributed by atoms with Crippen molar-refractivity contribution in [3.05, 3.63) is 0 Å². The third-order valence-electron chi connectivity index (χ3n) is 4.60. The second-order valence-electron chi connectivity index (χ2n) is 5.82. The molecule has 118 valence electrons. The first-order valence-corrected chi connectivity index (χ1v) is 10.4. The maximum atomic E-state index is 10.9. The van der Waals surface area contributed by atoms with Gasteiger partial charge in [0.15, 0.2) is 14.6 Å². The number of rotatable bonds is 9. The van der Waals surface area contributed by atoms with Gasteiger partial charge >= 0.3 is 0 Å². The molecule has 0 saturated carbocycles. The third-order valence-corrected chi connectivity index (χ3v) is 9.27. The summed E-state index contributed by atoms with van der Waals surface area (Å²) in [7, 11) is 0.0124. The monoisotopic (exact) mass is 302 g/mol. The Balaban J connectivity index is 2.74. The molecule has 1 fully saturated rings. The molecular weight excluding hydrogens is 272 g/mol. The standard InChI is InChI=1S/C15H30O4Si/c1-6-20(7-2,8-3)19-14-10-15(17-5)18-13(14)9-12(4)11-16/h11-15H,6-10H2,1-5H3/t12-,13-,14-,15+/m0/s1. The van der Waals surface area contributed by atoms with E-state index in [9.17, 15) is 4.79 Å². The maximum Gasteiger partial charge on any atom is 0.192 e. The van der Waals surface area contributed by atoms with Gasteiger partial charge in [-0.1, -0.05) is 27.7 Å². The molecule has 0 bridgehead atoms. The Kier molecular flexibility index (Phi) is 7.37. The minimum absolute atomic E-state index is 0.00246. The van der Waals surface area contributed by atoms with Crippen LogP contribution in [-0.4, -0.2) is 40.2 Å². The molecule has 1 rings (SSSR count). The zero-order valence-corrected chi connectivity index (χ0v) is 14.6. The van der Waals surface area contributed by atoms with Gasteiger partial charge in [-0.2, -0.15) is 0 Å². The van der Waals surface area contributed by atoms with Gasteiger partial charge in [0, 0.05) is 19.4 Å². The second-order valence-corrected chi connectivity index (χ2v) is 10.5. The summed E-state index contributed by atoms with van der Waals surface area (Å²) in [6.07, 6.45) is 2.36. The fourth-order valence-corrected chi connectivity index (χ4v) is 5.80. The van der Waals surface area contributed by atoms with E-state index in [1.807, 2.05) is 6.92 Å². The van der Waals surface area contributed by atoms with Crippen LogP contribution in [0.25, 0.3) is 0 Å². The van der Waals surface area contributed by atoms with Gasteiger partial charge in [0.2, 0.25) is 0 Å². The van der Waals surface area contributed by atoms with E-state index in [0.717, 1.165) is 37.3 Å². The summed E-state index contributed by atoms with van der Waals surface area (Å²) < 4.78 is 17.8. The zero-order valence-electron chi connectivity index (χ0n) is 13.6. The molecule has 4 nitrogen and oxygen atoms in total. The van der Waals surface area contributed by atoms with E-state index in [4.69, 9.17) is 13.9 Å². The van der Waals surface area contributed by atoms with Gasteiger partial charge in [-0.25, -0.2) is 0 Å². The van der Waals surface area contributed by atoms with Crippen molar-refractivity contribution in [1.29, 1.82) is 0 Å². The van der Waals surface area contributed by atoms with E-state index >= 15 is 0 Å². The van der Waals surface area contributed by atoms with Crippen LogP contribution in [0.5, 0.6) is 0 Å². The molecule has 0 amide bonds. The van der Waals surface area contributed by atoms with Gasteiger partial charge in [-0.3, -0.25) is 0 Å². The number of carbonyl (C=O) groups excluding carboxylic acids is 1. The summed E-state index contributed by atoms with van der Waals surface area (Å²) in [5.41, 5.74) is 0. The van der Waals surface area contributed by atoms with E-state index in [1.54, 1.807) is 7.11 Å². The average Bonchev–Trinajstić information content (AvgIpc) is 2.86. The van der Waals surface area contributed by atoms with Crippen LogP contribution in [0.15, 0.2) is 0 Å². The van der Waals surface area contributed by atoms with Crippen LogP contribution in [0.3, 0.4) is 0 Å². The topological polar surface area (TPSA) is 44.8 Å². The van der Waals surface area contributed by atoms with Crippen molar-refractivity contribution in [2.45, 2.75) is 77.2 Å². The lowest BCUT2D eigenvalue weighted by molar-refractivity contribution is -0.125. The molecule has 0 aliphatic carbocycles. The predicted octanol–water partition coefficient (Wildman–Crippen LogP) is 3.36. The van der Waals surface area contributed by atoms with E-state index in [2.05, 4.69) is 20.8 Å². The Morgan fingerprint density at radius 2 is 1.90 bits per heavy atom. The predicted molar refractivity (Wildman–Crippen MR) is 82.2 cm³/mol. The highest BCUT2D eigenvalue weighted by molar-refractivity contribution is 6.73. The van der Waals surface area contributed by atoms with Gasteiger partial charge in [0.05, 0.1) is 12.2 Å². The van der Waals surface area contributed by atoms with Crippen molar-refractivity contribution in [1.82, 2.24) is 0 Å². The molecule has 1 saturated heterocycles. The number of methoxy groups -OCH3 is 1. The minimum Gasteiger partial charge on any atom is -0.411 e. The largest absolute Gasteiger partial charge is 0.411 e. The van der Waals surface area contributed by atoms with Crippen molar-refractivity contribution >= 4 is 14.6 Å². The summed E-state index contributed by atoms with van der Waals surface area (Å²) >= 11 is 0. The van der Waals surface area contributed by atoms with Crippen LogP contribution >= 0.6 is 0 Å². The first kappa shape index (κ1) is 17.8. The van der Waals surface area contributed by atoms with Crippen molar-refractivity contribution in [3.63, 3.8) is 0 Å². The minimum atomic E-state index is -1.65. The average molecular weight is 302 g/mol. The van der Waals surface area contributed by atoms with Crippen LogP contribution in [-0.2, 0) is 18.7 Å². The third kappa shape index (κ3) is 4.38. The molecule has 1 heterocycles. The first-order chi connectivity index (χ1) is 9.53. The van der Waals surface area contributed by atoms with Crippen LogP contribution in [0.2, 0.25) is 18.1 Å². The summed E-state index contributed by atoms with van der Waals surface area (Å²) in [4.78, 5) is 10.9. The van der Waals surface area contributed by atoms with Crippen molar-refractivity contribution in [3.8, 4) is 0 Å². The molecule has 20 heavy (non-hydrogen) atoms. The number of ether oxygens (including phenoxy) is 2. The highest BCUT2D eigenvalue weighted by atomic mass is 28.4. The summed E-state index contributed by atoms with van der Waals surface area (Å²) in [5.74, 6) is 0.00246. The van der Waals surface area contributed by atoms with E-state index in [0.29, 0.717) is 0 Å². The van der Waals surface area contributed by atoms with Crippen LogP contribution < -0.4 is 0 Å². The number of hydrogen-bond donors (Lipinski definition) is 0. The molecule has 0 aromatic heterocycles. The normalized spacial score (nSPS) is 28.6. The van der Waals surface area contributed by atoms with Gasteiger partial charge in [0.1, 0.15) is 6.29 Å². The molecular formula is C15H30O4Si. The van der Waals surface area contributed by atoms with Crippen molar-refractivity contribution < 1.29 is 18.7 Å². The summed E-state index contributed by atoms with van der Waals surface area (Å²) in [5, 5.41) is 0. The van der Waals surface area contributed by atoms with Gasteiger partial charge < -0.3 is 18.7 Å². The number of carbonyl (C=O) groups is 1. The Morgan fingerprint density at radius 3 is 2.35 bits per heavy atom. The van der Waals surface area contributed by atoms with Crippen LogP contribution in [0, 0.1) is 5.92 Å². The maximum absolute atomic E-state index is 10.9. The molecule has 0 aromatic rings. The first-order valence-electron chi connectivity index (χ1n) is 7.85. The molecule has 1 aliphatic rings. The lowest BCUT2D eigenvalue weighted by Gasteiger charge is -2.33. The fraction of sp³-hybridized carbons (Fsp3) is 0.933. The Hall–Kier alpha value is -0.233. The molecule has 1 aliphatic heterocycles. The van der Waals surface area contributed by atoms with Crippen molar-refractivity contribution in [2.75, 3.05) is 7.11 Å². The van der Waals surface area contributed by atoms with Gasteiger partial charge in [0.25, 0.3) is 0 Å². The van der Waals surface area contributed by atoms with E-state index < -0.39 is 8.32 Å². The number of aldehydes is 1. The second kappa shape index (κ2) is 8.27. The summed E-state index contributed by atoms with van der Waals surface area (Å²) in [6.45, 7) is 8.61. The lowest BCUT2D eigenvalue weighted by Crippen LogP contribution is -2.43. The fourth-order valence-electron chi connectivity index (χ4n) is 2.91. The van der Waals surface area contributed by atoms with Crippen LogP contribution in [0.1, 0.15) is 40.5 Å². The molecule has 5 heteroatoms. The lowest BCUT2D eigenvalue weighted by atomic mass is 10.0. The Bertz CT molecular complexity index is 285. The number of hydrogen-bond acceptors (Lipinski definition) is 4. The molecule has 0 unspecified atom stereocenters. The van der Waals surface area contributed by atoms with Gasteiger partial charge in [-0.05, 0) is 24.6 Å².